The van der Waals surface area contributed by atoms with Crippen molar-refractivity contribution in [2.75, 3.05) is 14.2 Å². The van der Waals surface area contributed by atoms with Crippen LogP contribution >= 0.6 is 0 Å². The summed E-state index contributed by atoms with van der Waals surface area (Å²) in [6, 6.07) is -0.916. The van der Waals surface area contributed by atoms with Crippen molar-refractivity contribution < 1.29 is 23.9 Å². The van der Waals surface area contributed by atoms with Crippen molar-refractivity contribution >= 4 is 17.8 Å². The molecule has 0 N–H and O–H groups in total. The third-order valence-corrected chi connectivity index (χ3v) is 2.88. The van der Waals surface area contributed by atoms with Crippen LogP contribution in [0.25, 0.3) is 0 Å². The van der Waals surface area contributed by atoms with E-state index < -0.39 is 18.1 Å². The third kappa shape index (κ3) is 2.95. The lowest BCUT2D eigenvalue weighted by Crippen LogP contribution is -2.45. The molecular formula is C11H17NO5. The Kier molecular flexibility index (Phi) is 4.48. The Bertz CT molecular complexity index is 328. The highest BCUT2D eigenvalue weighted by Gasteiger charge is 2.42. The molecule has 96 valence electrons. The number of Topliss-reactive ketones (excluding diaryl/α,β-unsaturated/α-hetero) is 1. The fourth-order valence-electron chi connectivity index (χ4n) is 2.16. The van der Waals surface area contributed by atoms with Crippen LogP contribution in [0.1, 0.15) is 26.2 Å². The van der Waals surface area contributed by atoms with Crippen molar-refractivity contribution in [3.05, 3.63) is 0 Å². The summed E-state index contributed by atoms with van der Waals surface area (Å²) >= 11 is 0. The molecule has 0 aromatic carbocycles. The molecule has 6 heteroatoms. The fourth-order valence-corrected chi connectivity index (χ4v) is 2.16. The second kappa shape index (κ2) is 5.65. The van der Waals surface area contributed by atoms with Crippen LogP contribution in [-0.4, -0.2) is 49.0 Å². The lowest BCUT2D eigenvalue weighted by molar-refractivity contribution is -0.146. The van der Waals surface area contributed by atoms with Crippen molar-refractivity contribution in [3.63, 3.8) is 0 Å². The first kappa shape index (κ1) is 13.5. The molecule has 0 radical (unpaired) electrons. The minimum absolute atomic E-state index is 0.0191. The van der Waals surface area contributed by atoms with Gasteiger partial charge in [0.2, 0.25) is 0 Å². The maximum Gasteiger partial charge on any atom is 0.410 e. The molecule has 0 saturated carbocycles. The predicted octanol–water partition coefficient (Wildman–Crippen LogP) is 0.738. The smallest absolute Gasteiger partial charge is 0.410 e. The summed E-state index contributed by atoms with van der Waals surface area (Å²) in [6.45, 7) is 1.46. The van der Waals surface area contributed by atoms with Gasteiger partial charge in [0.05, 0.1) is 14.2 Å². The van der Waals surface area contributed by atoms with Crippen molar-refractivity contribution in [2.24, 2.45) is 0 Å². The van der Waals surface area contributed by atoms with Crippen molar-refractivity contribution in [1.29, 1.82) is 0 Å². The van der Waals surface area contributed by atoms with E-state index in [1.165, 1.54) is 26.0 Å². The molecule has 17 heavy (non-hydrogen) atoms. The summed E-state index contributed by atoms with van der Waals surface area (Å²) < 4.78 is 9.28. The highest BCUT2D eigenvalue weighted by molar-refractivity contribution is 5.83. The second-order valence-electron chi connectivity index (χ2n) is 4.05. The van der Waals surface area contributed by atoms with Crippen LogP contribution in [0.5, 0.6) is 0 Å². The number of rotatable bonds is 3. The van der Waals surface area contributed by atoms with Crippen LogP contribution in [0.15, 0.2) is 0 Å². The van der Waals surface area contributed by atoms with E-state index >= 15 is 0 Å². The molecule has 0 aromatic heterocycles. The number of hydrogen-bond acceptors (Lipinski definition) is 5. The highest BCUT2D eigenvalue weighted by Crippen LogP contribution is 2.28. The van der Waals surface area contributed by atoms with Gasteiger partial charge in [-0.1, -0.05) is 0 Å². The van der Waals surface area contributed by atoms with Crippen LogP contribution in [-0.2, 0) is 19.1 Å². The lowest BCUT2D eigenvalue weighted by atomic mass is 10.1. The van der Waals surface area contributed by atoms with Gasteiger partial charge in [-0.3, -0.25) is 9.69 Å². The van der Waals surface area contributed by atoms with Crippen LogP contribution in [0.3, 0.4) is 0 Å². The number of nitrogens with zero attached hydrogens (tertiary/aromatic N) is 1. The molecule has 6 nitrogen and oxygen atoms in total. The number of ether oxygens (including phenoxy) is 2. The third-order valence-electron chi connectivity index (χ3n) is 2.88. The second-order valence-corrected chi connectivity index (χ2v) is 4.05. The summed E-state index contributed by atoms with van der Waals surface area (Å²) in [6.07, 6.45) is 0.751. The Morgan fingerprint density at radius 1 is 1.18 bits per heavy atom. The number of carbonyl (C=O) groups excluding carboxylic acids is 3. The zero-order valence-electron chi connectivity index (χ0n) is 10.3. The molecule has 1 amide bonds. The van der Waals surface area contributed by atoms with Gasteiger partial charge in [0.25, 0.3) is 0 Å². The van der Waals surface area contributed by atoms with Crippen LogP contribution in [0.2, 0.25) is 0 Å². The van der Waals surface area contributed by atoms with Crippen LogP contribution in [0.4, 0.5) is 4.79 Å². The summed E-state index contributed by atoms with van der Waals surface area (Å²) in [7, 11) is 2.52. The topological polar surface area (TPSA) is 72.9 Å². The van der Waals surface area contributed by atoms with Gasteiger partial charge in [-0.05, 0) is 19.8 Å². The van der Waals surface area contributed by atoms with Gasteiger partial charge in [0, 0.05) is 12.5 Å². The van der Waals surface area contributed by atoms with E-state index in [-0.39, 0.29) is 18.2 Å². The number of esters is 1. The van der Waals surface area contributed by atoms with E-state index in [4.69, 9.17) is 0 Å². The standard InChI is InChI=1S/C11H17NO5/c1-7(13)6-8-4-5-9(10(14)16-2)12(8)11(15)17-3/h8-9H,4-6H2,1-3H3/t8-,9+/m1/s1. The van der Waals surface area contributed by atoms with Gasteiger partial charge in [-0.15, -0.1) is 0 Å². The molecule has 1 aliphatic rings. The molecule has 0 unspecified atom stereocenters. The maximum absolute atomic E-state index is 11.6. The van der Waals surface area contributed by atoms with Crippen molar-refractivity contribution in [1.82, 2.24) is 4.90 Å². The van der Waals surface area contributed by atoms with Crippen molar-refractivity contribution in [3.8, 4) is 0 Å². The summed E-state index contributed by atoms with van der Waals surface area (Å²) in [5, 5.41) is 0. The lowest BCUT2D eigenvalue weighted by Gasteiger charge is -2.26. The van der Waals surface area contributed by atoms with Gasteiger partial charge in [0.1, 0.15) is 11.8 Å². The molecule has 1 rings (SSSR count). The Labute approximate surface area is 99.9 Å². The predicted molar refractivity (Wildman–Crippen MR) is 58.4 cm³/mol. The average Bonchev–Trinajstić information content (AvgIpc) is 2.69. The number of likely N-dealkylation sites (tertiary alicyclic amines) is 1. The Hall–Kier alpha value is -1.59. The molecule has 1 fully saturated rings. The normalized spacial score (nSPS) is 23.4. The van der Waals surface area contributed by atoms with E-state index in [0.29, 0.717) is 12.8 Å². The van der Waals surface area contributed by atoms with Gasteiger partial charge in [-0.25, -0.2) is 9.59 Å². The summed E-state index contributed by atoms with van der Waals surface area (Å²) in [5.41, 5.74) is 0. The zero-order chi connectivity index (χ0) is 13.0. The molecule has 1 saturated heterocycles. The van der Waals surface area contributed by atoms with E-state index in [1.807, 2.05) is 0 Å². The highest BCUT2D eigenvalue weighted by atomic mass is 16.5. The molecule has 0 spiro atoms. The van der Waals surface area contributed by atoms with Gasteiger partial charge in [-0.2, -0.15) is 0 Å². The molecule has 1 aliphatic heterocycles. The molecule has 0 aliphatic carbocycles. The number of ketones is 1. The average molecular weight is 243 g/mol. The van der Waals surface area contributed by atoms with Gasteiger partial charge >= 0.3 is 12.1 Å². The first-order valence-electron chi connectivity index (χ1n) is 5.44. The Balaban J connectivity index is 2.85. The fraction of sp³-hybridized carbons (Fsp3) is 0.727. The molecular weight excluding hydrogens is 226 g/mol. The van der Waals surface area contributed by atoms with Crippen LogP contribution in [0, 0.1) is 0 Å². The van der Waals surface area contributed by atoms with E-state index in [1.54, 1.807) is 0 Å². The first-order valence-corrected chi connectivity index (χ1v) is 5.44. The number of methoxy groups -OCH3 is 2. The Morgan fingerprint density at radius 3 is 2.29 bits per heavy atom. The Morgan fingerprint density at radius 2 is 1.82 bits per heavy atom. The maximum atomic E-state index is 11.6. The SMILES string of the molecule is COC(=O)[C@@H]1CC[C@H](CC(C)=O)N1C(=O)OC. The van der Waals surface area contributed by atoms with Gasteiger partial charge in [0.15, 0.2) is 0 Å². The largest absolute Gasteiger partial charge is 0.467 e. The molecule has 2 atom stereocenters. The number of hydrogen-bond donors (Lipinski definition) is 0. The zero-order valence-corrected chi connectivity index (χ0v) is 10.3. The van der Waals surface area contributed by atoms with E-state index in [0.717, 1.165) is 0 Å². The van der Waals surface area contributed by atoms with Gasteiger partial charge < -0.3 is 9.47 Å². The van der Waals surface area contributed by atoms with E-state index in [9.17, 15) is 14.4 Å². The van der Waals surface area contributed by atoms with Crippen LogP contribution < -0.4 is 0 Å². The monoisotopic (exact) mass is 243 g/mol. The summed E-state index contributed by atoms with van der Waals surface area (Å²) in [5.74, 6) is -0.490. The molecule has 0 bridgehead atoms. The minimum Gasteiger partial charge on any atom is -0.467 e. The molecule has 1 heterocycles. The first-order chi connectivity index (χ1) is 8.01. The minimum atomic E-state index is -0.642. The number of carbonyl (C=O) groups is 3. The summed E-state index contributed by atoms with van der Waals surface area (Å²) in [4.78, 5) is 35.6. The number of amides is 1. The van der Waals surface area contributed by atoms with E-state index in [2.05, 4.69) is 9.47 Å². The quantitative estimate of drug-likeness (QED) is 0.683. The molecule has 0 aromatic rings. The van der Waals surface area contributed by atoms with Crippen molar-refractivity contribution in [2.45, 2.75) is 38.3 Å².